The molecule has 0 radical (unpaired) electrons. The van der Waals surface area contributed by atoms with Gasteiger partial charge in [-0.25, -0.2) is 0 Å². The van der Waals surface area contributed by atoms with Crippen molar-refractivity contribution in [3.63, 3.8) is 0 Å². The number of pyridine rings is 1. The molecule has 3 rings (SSSR count). The number of para-hydroxylation sites is 1. The third kappa shape index (κ3) is 3.41. The molecule has 1 aliphatic rings. The number of hydrogen-bond donors (Lipinski definition) is 0. The third-order valence-corrected chi connectivity index (χ3v) is 4.54. The molecule has 0 bridgehead atoms. The Hall–Kier alpha value is -2.03. The van der Waals surface area contributed by atoms with Crippen LogP contribution >= 0.6 is 0 Å². The van der Waals surface area contributed by atoms with E-state index < -0.39 is 0 Å². The van der Waals surface area contributed by atoms with Gasteiger partial charge in [-0.2, -0.15) is 0 Å². The second-order valence-electron chi connectivity index (χ2n) is 5.90. The Morgan fingerprint density at radius 2 is 2.09 bits per heavy atom. The van der Waals surface area contributed by atoms with Crippen molar-refractivity contribution in [3.8, 4) is 5.75 Å². The van der Waals surface area contributed by atoms with Gasteiger partial charge in [0.05, 0.1) is 19.0 Å². The monoisotopic (exact) mass is 296 g/mol. The fourth-order valence-corrected chi connectivity index (χ4v) is 3.40. The standard InChI is InChI=1S/C19H24N2O/c1-22-19-10-3-2-7-16(19)11-12-17-8-4-5-14-21(17)18-9-6-13-20-15-18/h2-3,6-7,9-10,13,15,17H,4-5,8,11-12,14H2,1H3. The first kappa shape index (κ1) is 14.9. The largest absolute Gasteiger partial charge is 0.496 e. The van der Waals surface area contributed by atoms with Gasteiger partial charge in [-0.05, 0) is 55.9 Å². The molecule has 116 valence electrons. The van der Waals surface area contributed by atoms with Crippen LogP contribution in [-0.2, 0) is 6.42 Å². The highest BCUT2D eigenvalue weighted by molar-refractivity contribution is 5.45. The Labute approximate surface area is 132 Å². The summed E-state index contributed by atoms with van der Waals surface area (Å²) in [6, 6.07) is 13.2. The minimum Gasteiger partial charge on any atom is -0.496 e. The number of hydrogen-bond acceptors (Lipinski definition) is 3. The van der Waals surface area contributed by atoms with E-state index in [1.54, 1.807) is 7.11 Å². The minimum atomic E-state index is 0.600. The van der Waals surface area contributed by atoms with E-state index in [-0.39, 0.29) is 0 Å². The number of aryl methyl sites for hydroxylation is 1. The zero-order valence-electron chi connectivity index (χ0n) is 13.2. The predicted molar refractivity (Wildman–Crippen MR) is 90.5 cm³/mol. The molecule has 1 aromatic heterocycles. The van der Waals surface area contributed by atoms with Crippen LogP contribution < -0.4 is 9.64 Å². The summed E-state index contributed by atoms with van der Waals surface area (Å²) in [5.74, 6) is 1.01. The number of rotatable bonds is 5. The van der Waals surface area contributed by atoms with Gasteiger partial charge in [-0.3, -0.25) is 4.98 Å². The smallest absolute Gasteiger partial charge is 0.122 e. The van der Waals surface area contributed by atoms with Crippen LogP contribution in [0.5, 0.6) is 5.75 Å². The maximum atomic E-state index is 5.47. The van der Waals surface area contributed by atoms with Crippen molar-refractivity contribution in [3.05, 3.63) is 54.4 Å². The van der Waals surface area contributed by atoms with Gasteiger partial charge in [0, 0.05) is 18.8 Å². The molecule has 1 aliphatic heterocycles. The average molecular weight is 296 g/mol. The molecule has 0 N–H and O–H groups in total. The molecule has 22 heavy (non-hydrogen) atoms. The third-order valence-electron chi connectivity index (χ3n) is 4.54. The molecule has 0 aliphatic carbocycles. The highest BCUT2D eigenvalue weighted by Gasteiger charge is 2.22. The molecule has 3 heteroatoms. The maximum Gasteiger partial charge on any atom is 0.122 e. The van der Waals surface area contributed by atoms with Crippen molar-refractivity contribution in [2.24, 2.45) is 0 Å². The molecule has 0 saturated carbocycles. The van der Waals surface area contributed by atoms with E-state index in [1.165, 1.54) is 30.5 Å². The number of methoxy groups -OCH3 is 1. The SMILES string of the molecule is COc1ccccc1CCC1CCCCN1c1cccnc1. The van der Waals surface area contributed by atoms with Crippen molar-refractivity contribution in [1.29, 1.82) is 0 Å². The number of aromatic nitrogens is 1. The van der Waals surface area contributed by atoms with E-state index in [4.69, 9.17) is 4.74 Å². The van der Waals surface area contributed by atoms with E-state index in [0.29, 0.717) is 6.04 Å². The predicted octanol–water partition coefficient (Wildman–Crippen LogP) is 4.08. The molecule has 3 nitrogen and oxygen atoms in total. The van der Waals surface area contributed by atoms with Crippen LogP contribution in [0.2, 0.25) is 0 Å². The van der Waals surface area contributed by atoms with Gasteiger partial charge in [0.25, 0.3) is 0 Å². The highest BCUT2D eigenvalue weighted by Crippen LogP contribution is 2.28. The number of anilines is 1. The zero-order chi connectivity index (χ0) is 15.2. The molecule has 2 aromatic rings. The van der Waals surface area contributed by atoms with Crippen LogP contribution in [0.15, 0.2) is 48.8 Å². The van der Waals surface area contributed by atoms with Gasteiger partial charge < -0.3 is 9.64 Å². The molecule has 0 amide bonds. The lowest BCUT2D eigenvalue weighted by Crippen LogP contribution is -2.39. The fourth-order valence-electron chi connectivity index (χ4n) is 3.40. The van der Waals surface area contributed by atoms with Crippen LogP contribution in [0.1, 0.15) is 31.2 Å². The first-order valence-corrected chi connectivity index (χ1v) is 8.17. The van der Waals surface area contributed by atoms with Crippen molar-refractivity contribution in [1.82, 2.24) is 4.98 Å². The summed E-state index contributed by atoms with van der Waals surface area (Å²) in [4.78, 5) is 6.81. The lowest BCUT2D eigenvalue weighted by molar-refractivity contribution is 0.403. The summed E-state index contributed by atoms with van der Waals surface area (Å²) in [6.45, 7) is 1.14. The Kier molecular flexibility index (Phi) is 4.94. The van der Waals surface area contributed by atoms with Gasteiger partial charge in [-0.15, -0.1) is 0 Å². The first-order valence-electron chi connectivity index (χ1n) is 8.17. The minimum absolute atomic E-state index is 0.600. The second-order valence-corrected chi connectivity index (χ2v) is 5.90. The van der Waals surface area contributed by atoms with Crippen molar-refractivity contribution < 1.29 is 4.74 Å². The van der Waals surface area contributed by atoms with Crippen molar-refractivity contribution in [2.75, 3.05) is 18.6 Å². The molecule has 1 aromatic carbocycles. The quantitative estimate of drug-likeness (QED) is 0.831. The normalized spacial score (nSPS) is 18.2. The van der Waals surface area contributed by atoms with Gasteiger partial charge >= 0.3 is 0 Å². The number of benzene rings is 1. The molecular weight excluding hydrogens is 272 g/mol. The number of nitrogens with zero attached hydrogens (tertiary/aromatic N) is 2. The summed E-state index contributed by atoms with van der Waals surface area (Å²) in [5.41, 5.74) is 2.56. The van der Waals surface area contributed by atoms with Gasteiger partial charge in [-0.1, -0.05) is 18.2 Å². The molecule has 1 unspecified atom stereocenters. The van der Waals surface area contributed by atoms with Gasteiger partial charge in [0.2, 0.25) is 0 Å². The van der Waals surface area contributed by atoms with Crippen molar-refractivity contribution >= 4 is 5.69 Å². The average Bonchev–Trinajstić information content (AvgIpc) is 2.61. The van der Waals surface area contributed by atoms with Crippen LogP contribution in [0.25, 0.3) is 0 Å². The number of piperidine rings is 1. The number of ether oxygens (including phenoxy) is 1. The Bertz CT molecular complexity index is 585. The van der Waals surface area contributed by atoms with Gasteiger partial charge in [0.1, 0.15) is 5.75 Å². The van der Waals surface area contributed by atoms with Gasteiger partial charge in [0.15, 0.2) is 0 Å². The summed E-state index contributed by atoms with van der Waals surface area (Å²) in [6.07, 6.45) is 9.93. The summed E-state index contributed by atoms with van der Waals surface area (Å²) < 4.78 is 5.47. The zero-order valence-corrected chi connectivity index (χ0v) is 13.2. The molecule has 1 atom stereocenters. The summed E-state index contributed by atoms with van der Waals surface area (Å²) in [5, 5.41) is 0. The fraction of sp³-hybridized carbons (Fsp3) is 0.421. The Balaban J connectivity index is 1.69. The van der Waals surface area contributed by atoms with E-state index in [9.17, 15) is 0 Å². The van der Waals surface area contributed by atoms with E-state index in [1.807, 2.05) is 24.5 Å². The van der Waals surface area contributed by atoms with Crippen molar-refractivity contribution in [2.45, 2.75) is 38.1 Å². The second kappa shape index (κ2) is 7.30. The van der Waals surface area contributed by atoms with E-state index >= 15 is 0 Å². The topological polar surface area (TPSA) is 25.4 Å². The van der Waals surface area contributed by atoms with Crippen LogP contribution in [0, 0.1) is 0 Å². The highest BCUT2D eigenvalue weighted by atomic mass is 16.5. The van der Waals surface area contributed by atoms with Crippen LogP contribution in [0.4, 0.5) is 5.69 Å². The van der Waals surface area contributed by atoms with E-state index in [0.717, 1.165) is 25.1 Å². The molecule has 1 fully saturated rings. The Morgan fingerprint density at radius 1 is 1.18 bits per heavy atom. The molecule has 2 heterocycles. The molecule has 0 spiro atoms. The first-order chi connectivity index (χ1) is 10.9. The maximum absolute atomic E-state index is 5.47. The molecular formula is C19H24N2O. The van der Waals surface area contributed by atoms with Crippen LogP contribution in [0.3, 0.4) is 0 Å². The lowest BCUT2D eigenvalue weighted by atomic mass is 9.95. The summed E-state index contributed by atoms with van der Waals surface area (Å²) >= 11 is 0. The molecule has 1 saturated heterocycles. The van der Waals surface area contributed by atoms with Crippen LogP contribution in [-0.4, -0.2) is 24.7 Å². The lowest BCUT2D eigenvalue weighted by Gasteiger charge is -2.37. The Morgan fingerprint density at radius 3 is 2.91 bits per heavy atom. The van der Waals surface area contributed by atoms with E-state index in [2.05, 4.69) is 34.1 Å². The summed E-state index contributed by atoms with van der Waals surface area (Å²) in [7, 11) is 1.75.